The van der Waals surface area contributed by atoms with Gasteiger partial charge in [-0.05, 0) is 47.3 Å². The van der Waals surface area contributed by atoms with Gasteiger partial charge < -0.3 is 0 Å². The van der Waals surface area contributed by atoms with Gasteiger partial charge in [-0.1, -0.05) is 12.1 Å². The van der Waals surface area contributed by atoms with Crippen molar-refractivity contribution >= 4 is 28.2 Å². The highest BCUT2D eigenvalue weighted by Crippen LogP contribution is 2.14. The van der Waals surface area contributed by atoms with Gasteiger partial charge in [-0.3, -0.25) is 9.69 Å². The van der Waals surface area contributed by atoms with E-state index in [4.69, 9.17) is 0 Å². The molecule has 1 amide bonds. The number of hydrogen-bond acceptors (Lipinski definition) is 2. The molecule has 0 saturated heterocycles. The van der Waals surface area contributed by atoms with Gasteiger partial charge >= 0.3 is 0 Å². The van der Waals surface area contributed by atoms with E-state index >= 15 is 0 Å². The topological polar surface area (TPSA) is 33.2 Å². The number of carbonyl (C=O) groups is 1. The minimum atomic E-state index is 0.683. The van der Waals surface area contributed by atoms with E-state index in [1.54, 1.807) is 4.90 Å². The van der Waals surface area contributed by atoms with Crippen LogP contribution >= 0.6 is 15.9 Å². The summed E-state index contributed by atoms with van der Waals surface area (Å²) >= 11 is 3.29. The molecule has 0 atom stereocenters. The van der Waals surface area contributed by atoms with Gasteiger partial charge in [0.2, 0.25) is 6.41 Å². The number of amides is 1. The van der Waals surface area contributed by atoms with Crippen molar-refractivity contribution < 1.29 is 4.79 Å². The highest BCUT2D eigenvalue weighted by atomic mass is 79.9. The molecule has 4 heteroatoms. The quantitative estimate of drug-likeness (QED) is 0.333. The molecule has 16 heavy (non-hydrogen) atoms. The highest BCUT2D eigenvalue weighted by Gasteiger charge is 2.05. The maximum absolute atomic E-state index is 10.9. The van der Waals surface area contributed by atoms with Crippen molar-refractivity contribution in [3.05, 3.63) is 35.5 Å². The number of anilines is 1. The Morgan fingerprint density at radius 3 is 2.88 bits per heavy atom. The minimum absolute atomic E-state index is 0.683. The van der Waals surface area contributed by atoms with E-state index in [1.807, 2.05) is 24.3 Å². The van der Waals surface area contributed by atoms with Crippen LogP contribution in [-0.4, -0.2) is 17.9 Å². The molecule has 0 fully saturated rings. The van der Waals surface area contributed by atoms with E-state index in [2.05, 4.69) is 27.5 Å². The van der Waals surface area contributed by atoms with Crippen molar-refractivity contribution in [2.24, 2.45) is 0 Å². The average molecular weight is 283 g/mol. The first kappa shape index (κ1) is 12.9. The Morgan fingerprint density at radius 2 is 2.25 bits per heavy atom. The van der Waals surface area contributed by atoms with Gasteiger partial charge in [0.1, 0.15) is 10.4 Å². The molecule has 1 aromatic heterocycles. The lowest BCUT2D eigenvalue weighted by atomic mass is 10.2. The van der Waals surface area contributed by atoms with Crippen molar-refractivity contribution in [1.29, 1.82) is 0 Å². The van der Waals surface area contributed by atoms with Gasteiger partial charge in [-0.15, -0.1) is 6.58 Å². The Balaban J connectivity index is 2.53. The maximum Gasteiger partial charge on any atom is 0.215 e. The van der Waals surface area contributed by atoms with Crippen LogP contribution in [0.3, 0.4) is 0 Å². The number of rotatable bonds is 7. The fourth-order valence-electron chi connectivity index (χ4n) is 1.35. The molecule has 1 aromatic rings. The van der Waals surface area contributed by atoms with Crippen LogP contribution in [0.15, 0.2) is 35.5 Å². The first-order valence-electron chi connectivity index (χ1n) is 5.23. The number of nitrogens with zero attached hydrogens (tertiary/aromatic N) is 2. The Morgan fingerprint density at radius 1 is 1.44 bits per heavy atom. The van der Waals surface area contributed by atoms with Gasteiger partial charge in [0.05, 0.1) is 0 Å². The Hall–Kier alpha value is -1.16. The van der Waals surface area contributed by atoms with Crippen LogP contribution < -0.4 is 4.90 Å². The molecule has 3 nitrogen and oxygen atoms in total. The minimum Gasteiger partial charge on any atom is -0.299 e. The van der Waals surface area contributed by atoms with Crippen molar-refractivity contribution in [3.63, 3.8) is 0 Å². The Labute approximate surface area is 104 Å². The monoisotopic (exact) mass is 282 g/mol. The lowest BCUT2D eigenvalue weighted by Crippen LogP contribution is -2.23. The number of hydrogen-bond donors (Lipinski definition) is 0. The summed E-state index contributed by atoms with van der Waals surface area (Å²) in [5, 5.41) is 0. The van der Waals surface area contributed by atoms with E-state index in [-0.39, 0.29) is 0 Å². The third-order valence-electron chi connectivity index (χ3n) is 2.18. The van der Waals surface area contributed by atoms with Crippen LogP contribution in [0.2, 0.25) is 0 Å². The zero-order valence-corrected chi connectivity index (χ0v) is 10.7. The summed E-state index contributed by atoms with van der Waals surface area (Å²) in [7, 11) is 0. The smallest absolute Gasteiger partial charge is 0.215 e. The number of carbonyl (C=O) groups excluding carboxylic acids is 1. The van der Waals surface area contributed by atoms with Gasteiger partial charge in [0, 0.05) is 6.54 Å². The van der Waals surface area contributed by atoms with Crippen molar-refractivity contribution in [2.75, 3.05) is 11.4 Å². The normalized spacial score (nSPS) is 9.81. The molecule has 0 aliphatic rings. The lowest BCUT2D eigenvalue weighted by molar-refractivity contribution is -0.107. The summed E-state index contributed by atoms with van der Waals surface area (Å²) in [6.45, 7) is 4.36. The van der Waals surface area contributed by atoms with E-state index in [0.29, 0.717) is 12.4 Å². The molecule has 0 bridgehead atoms. The SMILES string of the molecule is C=CCCCCN(C=O)c1cccc(Br)n1. The molecular formula is C12H15BrN2O. The summed E-state index contributed by atoms with van der Waals surface area (Å²) in [5.41, 5.74) is 0. The average Bonchev–Trinajstić information content (AvgIpc) is 2.29. The summed E-state index contributed by atoms with van der Waals surface area (Å²) in [5.74, 6) is 0.683. The van der Waals surface area contributed by atoms with Gasteiger partial charge in [-0.2, -0.15) is 0 Å². The lowest BCUT2D eigenvalue weighted by Gasteiger charge is -2.15. The third kappa shape index (κ3) is 4.14. The van der Waals surface area contributed by atoms with Gasteiger partial charge in [0.15, 0.2) is 0 Å². The van der Waals surface area contributed by atoms with E-state index in [0.717, 1.165) is 30.3 Å². The van der Waals surface area contributed by atoms with Crippen molar-refractivity contribution in [2.45, 2.75) is 19.3 Å². The summed E-state index contributed by atoms with van der Waals surface area (Å²) in [4.78, 5) is 16.8. The molecule has 0 saturated carbocycles. The molecule has 1 rings (SSSR count). The molecule has 0 radical (unpaired) electrons. The number of unbranched alkanes of at least 4 members (excludes halogenated alkanes) is 2. The predicted molar refractivity (Wildman–Crippen MR) is 69.4 cm³/mol. The molecule has 0 aliphatic carbocycles. The molecular weight excluding hydrogens is 268 g/mol. The number of allylic oxidation sites excluding steroid dienone is 1. The first-order valence-corrected chi connectivity index (χ1v) is 6.02. The van der Waals surface area contributed by atoms with Crippen LogP contribution in [-0.2, 0) is 4.79 Å². The van der Waals surface area contributed by atoms with Gasteiger partial charge in [-0.25, -0.2) is 4.98 Å². The molecule has 0 N–H and O–H groups in total. The number of pyridine rings is 1. The Bertz CT molecular complexity index is 355. The molecule has 0 aliphatic heterocycles. The van der Waals surface area contributed by atoms with Crippen molar-refractivity contribution in [3.8, 4) is 0 Å². The molecule has 0 spiro atoms. The number of halogens is 1. The van der Waals surface area contributed by atoms with Crippen LogP contribution in [0.5, 0.6) is 0 Å². The van der Waals surface area contributed by atoms with Gasteiger partial charge in [0.25, 0.3) is 0 Å². The fraction of sp³-hybridized carbons (Fsp3) is 0.333. The highest BCUT2D eigenvalue weighted by molar-refractivity contribution is 9.10. The zero-order valence-electron chi connectivity index (χ0n) is 9.10. The van der Waals surface area contributed by atoms with Crippen LogP contribution in [0.1, 0.15) is 19.3 Å². The second-order valence-corrected chi connectivity index (χ2v) is 4.21. The third-order valence-corrected chi connectivity index (χ3v) is 2.62. The van der Waals surface area contributed by atoms with Crippen LogP contribution in [0.25, 0.3) is 0 Å². The molecule has 0 unspecified atom stereocenters. The van der Waals surface area contributed by atoms with Crippen LogP contribution in [0, 0.1) is 0 Å². The standard InChI is InChI=1S/C12H15BrN2O/c1-2-3-4-5-9-15(10-16)12-8-6-7-11(13)14-12/h2,6-8,10H,1,3-5,9H2. The largest absolute Gasteiger partial charge is 0.299 e. The number of aromatic nitrogens is 1. The van der Waals surface area contributed by atoms with E-state index < -0.39 is 0 Å². The first-order chi connectivity index (χ1) is 7.77. The van der Waals surface area contributed by atoms with E-state index in [1.165, 1.54) is 0 Å². The second-order valence-electron chi connectivity index (χ2n) is 3.40. The van der Waals surface area contributed by atoms with Crippen LogP contribution in [0.4, 0.5) is 5.82 Å². The molecule has 0 aromatic carbocycles. The summed E-state index contributed by atoms with van der Waals surface area (Å²) in [6.07, 6.45) is 5.70. The maximum atomic E-state index is 10.9. The Kier molecular flexibility index (Phi) is 5.78. The fourth-order valence-corrected chi connectivity index (χ4v) is 1.68. The second kappa shape index (κ2) is 7.17. The summed E-state index contributed by atoms with van der Waals surface area (Å²) in [6, 6.07) is 5.53. The molecule has 86 valence electrons. The summed E-state index contributed by atoms with van der Waals surface area (Å²) < 4.78 is 0.739. The van der Waals surface area contributed by atoms with E-state index in [9.17, 15) is 4.79 Å². The molecule has 1 heterocycles. The van der Waals surface area contributed by atoms with Crippen molar-refractivity contribution in [1.82, 2.24) is 4.98 Å². The zero-order chi connectivity index (χ0) is 11.8. The predicted octanol–water partition coefficient (Wildman–Crippen LogP) is 3.16.